The topological polar surface area (TPSA) is 126 Å². The van der Waals surface area contributed by atoms with Crippen LogP contribution in [0.3, 0.4) is 0 Å². The number of ether oxygens (including phenoxy) is 5. The summed E-state index contributed by atoms with van der Waals surface area (Å²) in [6.45, 7) is 5.64. The minimum atomic E-state index is -4.43. The fourth-order valence-corrected chi connectivity index (χ4v) is 16.4. The molecule has 18 aromatic rings. The van der Waals surface area contributed by atoms with Gasteiger partial charge in [-0.15, -0.1) is 0 Å². The number of hydrogen-bond donors (Lipinski definition) is 2. The Labute approximate surface area is 792 Å². The predicted molar refractivity (Wildman–Crippen MR) is 532 cm³/mol. The van der Waals surface area contributed by atoms with Crippen LogP contribution >= 0.6 is 11.8 Å². The number of aryl methyl sites for hydroxylation is 11. The third kappa shape index (κ3) is 28.2. The number of para-hydroxylation sites is 7. The van der Waals surface area contributed by atoms with Crippen molar-refractivity contribution in [3.05, 3.63) is 466 Å². The van der Waals surface area contributed by atoms with Crippen molar-refractivity contribution in [1.82, 2.24) is 36.5 Å². The van der Waals surface area contributed by atoms with E-state index in [1.54, 1.807) is 60.1 Å². The largest absolute Gasteiger partial charge is 0.508 e. The Hall–Kier alpha value is -14.8. The van der Waals surface area contributed by atoms with Crippen LogP contribution in [0, 0.1) is 20.8 Å². The number of fused-ring (bicyclic) bond motifs is 1. The first-order valence-electron chi connectivity index (χ1n) is 44.0. The number of aromatic hydroxyl groups is 2. The maximum atomic E-state index is 12.7. The van der Waals surface area contributed by atoms with E-state index in [1.807, 2.05) is 219 Å². The van der Waals surface area contributed by atoms with Gasteiger partial charge in [-0.25, -0.2) is 0 Å². The Kier molecular flexibility index (Phi) is 36.3. The van der Waals surface area contributed by atoms with Crippen LogP contribution in [0.15, 0.2) is 375 Å². The fourth-order valence-electron chi connectivity index (χ4n) is 15.4. The first-order valence-corrected chi connectivity index (χ1v) is 44.8. The molecule has 8 aromatic heterocycles. The second-order valence-electron chi connectivity index (χ2n) is 32.4. The third-order valence-corrected chi connectivity index (χ3v) is 24.4. The maximum absolute atomic E-state index is 12.7. The average Bonchev–Trinajstić information content (AvgIpc) is 1.73. The zero-order valence-corrected chi connectivity index (χ0v) is 79.8. The van der Waals surface area contributed by atoms with Crippen molar-refractivity contribution in [3.8, 4) is 46.1 Å². The number of phenolic OH excluding ortho intramolecular Hbond substituents is 2. The van der Waals surface area contributed by atoms with Gasteiger partial charge in [-0.3, -0.25) is 0 Å². The van der Waals surface area contributed by atoms with Crippen LogP contribution < -0.4 is 23.7 Å². The predicted octanol–water partition coefficient (Wildman–Crippen LogP) is 26.8. The fraction of sp³-hybridized carbons (Fsp3) is 0.204. The van der Waals surface area contributed by atoms with Gasteiger partial charge in [-0.2, -0.15) is 26.3 Å². The van der Waals surface area contributed by atoms with Crippen molar-refractivity contribution >= 4 is 22.7 Å². The Morgan fingerprint density at radius 3 is 1.27 bits per heavy atom. The Balaban J connectivity index is 0.000000149. The smallest absolute Gasteiger partial charge is 0.416 e. The van der Waals surface area contributed by atoms with Crippen LogP contribution in [-0.4, -0.2) is 75.2 Å². The normalized spacial score (nSPS) is 11.1. The lowest BCUT2D eigenvalue weighted by molar-refractivity contribution is -0.138. The molecule has 15 nitrogen and oxygen atoms in total. The molecule has 8 heterocycles. The summed E-state index contributed by atoms with van der Waals surface area (Å²) in [4.78, 5) is 1.14. The van der Waals surface area contributed by atoms with E-state index >= 15 is 0 Å². The van der Waals surface area contributed by atoms with E-state index in [0.29, 0.717) is 35.3 Å². The zero-order chi connectivity index (χ0) is 96.7. The van der Waals surface area contributed by atoms with E-state index < -0.39 is 23.5 Å². The van der Waals surface area contributed by atoms with Crippen LogP contribution in [0.5, 0.6) is 46.1 Å². The van der Waals surface area contributed by atoms with Gasteiger partial charge in [0.1, 0.15) is 28.7 Å². The van der Waals surface area contributed by atoms with Crippen LogP contribution in [0.2, 0.25) is 0 Å². The van der Waals surface area contributed by atoms with E-state index in [1.165, 1.54) is 84.7 Å². The Morgan fingerprint density at radius 2 is 0.756 bits per heavy atom. The van der Waals surface area contributed by atoms with Gasteiger partial charge in [0, 0.05) is 183 Å². The molecule has 0 spiro atoms. The molecule has 10 aromatic carbocycles. The monoisotopic (exact) mass is 1840 g/mol. The van der Waals surface area contributed by atoms with Crippen molar-refractivity contribution < 1.29 is 60.2 Å². The molecule has 1 unspecified atom stereocenters. The first kappa shape index (κ1) is 101. The van der Waals surface area contributed by atoms with E-state index in [0.717, 1.165) is 93.4 Å². The molecule has 18 rings (SSSR count). The molecule has 0 aliphatic rings. The molecule has 0 bridgehead atoms. The minimum absolute atomic E-state index is 0.169. The summed E-state index contributed by atoms with van der Waals surface area (Å²) in [5.41, 5.74) is 17.2. The molecule has 0 radical (unpaired) electrons. The first-order chi connectivity index (χ1) is 64.9. The molecule has 2 N–H and O–H groups in total. The van der Waals surface area contributed by atoms with Gasteiger partial charge in [0.2, 0.25) is 0 Å². The van der Waals surface area contributed by atoms with E-state index in [2.05, 4.69) is 209 Å². The summed E-state index contributed by atoms with van der Waals surface area (Å²) in [5.74, 6) is 5.26. The molecule has 22 heteroatoms. The van der Waals surface area contributed by atoms with Gasteiger partial charge in [-0.05, 0) is 234 Å². The summed E-state index contributed by atoms with van der Waals surface area (Å²) in [6, 6.07) is 103. The van der Waals surface area contributed by atoms with Crippen molar-refractivity contribution in [1.29, 1.82) is 0 Å². The lowest BCUT2D eigenvalue weighted by Gasteiger charge is -2.21. The third-order valence-electron chi connectivity index (χ3n) is 23.2. The highest BCUT2D eigenvalue weighted by Gasteiger charge is 2.33. The zero-order valence-electron chi connectivity index (χ0n) is 78.9. The van der Waals surface area contributed by atoms with Crippen molar-refractivity contribution in [3.63, 3.8) is 0 Å². The Bertz CT molecular complexity index is 6550. The van der Waals surface area contributed by atoms with Crippen LogP contribution in [0.4, 0.5) is 26.3 Å². The standard InChI is InChI=1S/C19H19NO.C17H17NO.C15H16F3N.C13H12F3NO.C13H15N.C12H13NO2.C12H13NOS.C12H13NO/c1-20-14-8-12-17(20)19(15-9-4-3-5-10-15)16-11-6-7-13-18(16)21-2;1-18-15(11-13-7-3-5-9-16(13)18)12-14-8-4-6-10-17(14)19-2;1-10-7-12(15(16,17)18)8-11(2)14(10)9-13-5-4-6-19(13)3;1-17-6-2-3-11(17)7-9-4-5-10(8-12(9)18)13(14,15)16;1-11-6-3-4-7-12(11)10-13-8-5-9-14(13)2;2*1-13-9-5-8-12(13)15-11-7-4-3-6-10(11)14-2;1-13-8-4-6-11(13)9-10-5-2-3-7-12(10)14/h3-14,19H,1-2H3;3-11H,12H2,1-2H3;4-8H,9H2,1-3H3;2-6,8,18H,7H2,1H3;3-9H,10H2,1-2H3;2*3-9H,1-2H3;2-8,14H,9H2,1H3. The summed E-state index contributed by atoms with van der Waals surface area (Å²) in [6.07, 6.45) is 8.96. The van der Waals surface area contributed by atoms with Crippen molar-refractivity contribution in [2.24, 2.45) is 56.4 Å². The number of benzene rings is 10. The van der Waals surface area contributed by atoms with E-state index in [4.69, 9.17) is 23.7 Å². The summed E-state index contributed by atoms with van der Waals surface area (Å²) in [5, 5.41) is 21.7. The van der Waals surface area contributed by atoms with E-state index in [-0.39, 0.29) is 11.7 Å². The molecular formula is C113H118F6N8O7S. The Morgan fingerprint density at radius 1 is 0.319 bits per heavy atom. The molecule has 1 atom stereocenters. The van der Waals surface area contributed by atoms with Gasteiger partial charge in [-0.1, -0.05) is 169 Å². The number of rotatable bonds is 21. The molecule has 0 saturated heterocycles. The number of hydrogen-bond acceptors (Lipinski definition) is 8. The van der Waals surface area contributed by atoms with Crippen molar-refractivity contribution in [2.45, 2.75) is 81.1 Å². The lowest BCUT2D eigenvalue weighted by atomic mass is 9.88. The highest BCUT2D eigenvalue weighted by molar-refractivity contribution is 7.99. The number of phenols is 2. The SMILES string of the molecule is COc1ccccc1C(c1ccccc1)c1cccn1C.COc1ccccc1Cc1cc2ccccc2n1C.COc1ccccc1Oc1cccn1C.COc1ccccc1Sc1cccn1C.Cc1cc(C(F)(F)F)cc(C)c1Cc1cccn1C.Cc1ccccc1Cc1cccn1C.Cn1cccc1Cc1ccc(C(F)(F)F)cc1O.Cn1cccc1Cc1ccccc1O. The number of aromatic nitrogens is 8. The summed E-state index contributed by atoms with van der Waals surface area (Å²) >= 11 is 1.71. The number of nitrogens with zero attached hydrogens (tertiary/aromatic N) is 8. The summed E-state index contributed by atoms with van der Waals surface area (Å²) in [7, 11) is 22.8. The number of alkyl halides is 6. The molecule has 135 heavy (non-hydrogen) atoms. The molecule has 0 amide bonds. The second kappa shape index (κ2) is 48.6. The van der Waals surface area contributed by atoms with Crippen LogP contribution in [-0.2, 0) is 101 Å². The molecule has 700 valence electrons. The molecule has 0 aliphatic carbocycles. The molecule has 0 saturated carbocycles. The molecule has 0 fully saturated rings. The second-order valence-corrected chi connectivity index (χ2v) is 33.5. The highest BCUT2D eigenvalue weighted by atomic mass is 32.2. The van der Waals surface area contributed by atoms with Gasteiger partial charge < -0.3 is 70.4 Å². The van der Waals surface area contributed by atoms with Gasteiger partial charge in [0.15, 0.2) is 17.4 Å². The minimum Gasteiger partial charge on any atom is -0.508 e. The highest BCUT2D eigenvalue weighted by Crippen LogP contribution is 2.40. The molecule has 0 aliphatic heterocycles. The summed E-state index contributed by atoms with van der Waals surface area (Å²) < 4.78 is 119. The maximum Gasteiger partial charge on any atom is 0.416 e. The quantitative estimate of drug-likeness (QED) is 0.0682. The van der Waals surface area contributed by atoms with Gasteiger partial charge in [0.05, 0.1) is 55.4 Å². The number of methoxy groups -OCH3 is 4. The van der Waals surface area contributed by atoms with E-state index in [9.17, 15) is 36.6 Å². The molecular weight excluding hydrogens is 1730 g/mol. The lowest BCUT2D eigenvalue weighted by Crippen LogP contribution is -2.09. The average molecular weight is 1850 g/mol. The van der Waals surface area contributed by atoms with Crippen LogP contribution in [0.25, 0.3) is 10.9 Å². The van der Waals surface area contributed by atoms with Gasteiger partial charge >= 0.3 is 12.4 Å². The van der Waals surface area contributed by atoms with Gasteiger partial charge in [0.25, 0.3) is 0 Å². The van der Waals surface area contributed by atoms with Crippen LogP contribution in [0.1, 0.15) is 107 Å². The number of halogens is 6. The van der Waals surface area contributed by atoms with Crippen molar-refractivity contribution in [2.75, 3.05) is 28.4 Å².